The van der Waals surface area contributed by atoms with Gasteiger partial charge in [0.05, 0.1) is 37.0 Å². The van der Waals surface area contributed by atoms with Crippen LogP contribution in [0.5, 0.6) is 0 Å². The van der Waals surface area contributed by atoms with Crippen molar-refractivity contribution in [3.63, 3.8) is 0 Å². The Morgan fingerprint density at radius 2 is 1.56 bits per heavy atom. The van der Waals surface area contributed by atoms with Gasteiger partial charge in [0.1, 0.15) is 0 Å². The molecule has 6 nitrogen and oxygen atoms in total. The Labute approximate surface area is 272 Å². The maximum Gasteiger partial charge on any atom is 0.416 e. The predicted octanol–water partition coefficient (Wildman–Crippen LogP) is 6.29. The van der Waals surface area contributed by atoms with Crippen molar-refractivity contribution >= 4 is 30.7 Å². The molecule has 0 spiro atoms. The van der Waals surface area contributed by atoms with Crippen molar-refractivity contribution in [3.8, 4) is 0 Å². The molecule has 254 valence electrons. The molecule has 0 aromatic heterocycles. The van der Waals surface area contributed by atoms with Gasteiger partial charge in [-0.05, 0) is 74.7 Å². The number of methoxy groups -OCH3 is 1. The van der Waals surface area contributed by atoms with Crippen LogP contribution in [-0.4, -0.2) is 98.9 Å². The Kier molecular flexibility index (Phi) is 14.5. The Morgan fingerprint density at radius 1 is 0.889 bits per heavy atom. The van der Waals surface area contributed by atoms with Gasteiger partial charge in [-0.1, -0.05) is 18.2 Å². The number of ether oxygens (including phenoxy) is 2. The van der Waals surface area contributed by atoms with E-state index in [1.54, 1.807) is 7.11 Å². The number of alkyl halides is 6. The molecule has 2 aliphatic rings. The number of morpholine rings is 1. The van der Waals surface area contributed by atoms with Crippen molar-refractivity contribution in [1.82, 2.24) is 14.7 Å². The number of nitrogens with zero attached hydrogens (tertiary/aromatic N) is 3. The van der Waals surface area contributed by atoms with Crippen molar-refractivity contribution in [2.24, 2.45) is 0 Å². The largest absolute Gasteiger partial charge is 0.416 e. The zero-order valence-electron chi connectivity index (χ0n) is 25.5. The molecule has 2 aromatic carbocycles. The smallest absolute Gasteiger partial charge is 0.383 e. The number of piperazine rings is 1. The Hall–Kier alpha value is -2.09. The normalized spacial score (nSPS) is 20.0. The molecule has 0 aliphatic carbocycles. The van der Waals surface area contributed by atoms with E-state index in [-0.39, 0.29) is 43.5 Å². The molecule has 2 aliphatic heterocycles. The van der Waals surface area contributed by atoms with E-state index >= 15 is 0 Å². The molecule has 0 radical (unpaired) electrons. The van der Waals surface area contributed by atoms with Gasteiger partial charge in [-0.2, -0.15) is 26.3 Å². The van der Waals surface area contributed by atoms with E-state index in [9.17, 15) is 31.1 Å². The van der Waals surface area contributed by atoms with Crippen molar-refractivity contribution in [2.75, 3.05) is 66.2 Å². The molecule has 2 atom stereocenters. The van der Waals surface area contributed by atoms with Crippen LogP contribution in [0.2, 0.25) is 0 Å². The molecule has 0 unspecified atom stereocenters. The lowest BCUT2D eigenvalue weighted by Crippen LogP contribution is -2.56. The van der Waals surface area contributed by atoms with Crippen LogP contribution in [0.15, 0.2) is 36.4 Å². The first-order valence-corrected chi connectivity index (χ1v) is 14.5. The molecule has 2 fully saturated rings. The van der Waals surface area contributed by atoms with Crippen LogP contribution in [0.1, 0.15) is 44.6 Å². The second-order valence-corrected chi connectivity index (χ2v) is 11.4. The first-order chi connectivity index (χ1) is 20.3. The zero-order chi connectivity index (χ0) is 31.4. The third-order valence-electron chi connectivity index (χ3n) is 8.33. The van der Waals surface area contributed by atoms with E-state index in [0.29, 0.717) is 51.5 Å². The van der Waals surface area contributed by atoms with Gasteiger partial charge in [0, 0.05) is 44.9 Å². The van der Waals surface area contributed by atoms with E-state index in [1.165, 1.54) is 4.90 Å². The Bertz CT molecular complexity index is 1230. The molecule has 45 heavy (non-hydrogen) atoms. The molecule has 0 bridgehead atoms. The minimum Gasteiger partial charge on any atom is -0.383 e. The molecular formula is C31H41Cl2F6N3O3. The molecule has 2 aromatic rings. The average molecular weight is 689 g/mol. The van der Waals surface area contributed by atoms with Crippen LogP contribution in [-0.2, 0) is 28.2 Å². The topological polar surface area (TPSA) is 45.3 Å². The summed E-state index contributed by atoms with van der Waals surface area (Å²) in [5, 5.41) is 0. The molecule has 4 rings (SSSR count). The van der Waals surface area contributed by atoms with Crippen LogP contribution in [0.25, 0.3) is 0 Å². The van der Waals surface area contributed by atoms with E-state index in [2.05, 4.69) is 9.80 Å². The standard InChI is InChI=1S/C31H39F6N3O3.2ClH/c1-21-5-6-23(13-22(21)2)14-27-18-38(7-4-8-39-11-12-43-20-28(39)19-42-3)9-10-40(27)29(41)24-15-25(30(32,33)34)17-26(16-24)31(35,36)37;;/h5-6,13,15-17,27-28H,4,7-12,14,18-20H2,1-3H3;2*1H/t27-,28+;;/m1../s1. The van der Waals surface area contributed by atoms with Gasteiger partial charge in [0.2, 0.25) is 0 Å². The summed E-state index contributed by atoms with van der Waals surface area (Å²) in [6.07, 6.45) is -8.78. The molecule has 14 heteroatoms. The highest BCUT2D eigenvalue weighted by Gasteiger charge is 2.39. The van der Waals surface area contributed by atoms with E-state index in [1.807, 2.05) is 32.0 Å². The number of hydrogen-bond donors (Lipinski definition) is 0. The fourth-order valence-electron chi connectivity index (χ4n) is 5.84. The van der Waals surface area contributed by atoms with Crippen molar-refractivity contribution in [3.05, 3.63) is 69.8 Å². The second kappa shape index (κ2) is 16.6. The third kappa shape index (κ3) is 10.5. The maximum absolute atomic E-state index is 13.6. The number of hydrogen-bond acceptors (Lipinski definition) is 5. The minimum atomic E-state index is -5.03. The first-order valence-electron chi connectivity index (χ1n) is 14.5. The number of rotatable bonds is 9. The number of halogens is 8. The van der Waals surface area contributed by atoms with Crippen LogP contribution in [0.3, 0.4) is 0 Å². The lowest BCUT2D eigenvalue weighted by Gasteiger charge is -2.42. The third-order valence-corrected chi connectivity index (χ3v) is 8.33. The predicted molar refractivity (Wildman–Crippen MR) is 164 cm³/mol. The van der Waals surface area contributed by atoms with Crippen molar-refractivity contribution < 1.29 is 40.6 Å². The summed E-state index contributed by atoms with van der Waals surface area (Å²) in [6.45, 7) is 9.28. The highest BCUT2D eigenvalue weighted by atomic mass is 35.5. The summed E-state index contributed by atoms with van der Waals surface area (Å²) in [5.74, 6) is -0.833. The summed E-state index contributed by atoms with van der Waals surface area (Å²) in [6, 6.07) is 6.77. The zero-order valence-corrected chi connectivity index (χ0v) is 27.2. The second-order valence-electron chi connectivity index (χ2n) is 11.4. The van der Waals surface area contributed by atoms with Crippen LogP contribution >= 0.6 is 24.8 Å². The van der Waals surface area contributed by atoms with Gasteiger partial charge >= 0.3 is 12.4 Å². The summed E-state index contributed by atoms with van der Waals surface area (Å²) in [4.78, 5) is 19.6. The molecule has 2 saturated heterocycles. The van der Waals surface area contributed by atoms with Crippen LogP contribution < -0.4 is 0 Å². The number of aryl methyl sites for hydroxylation is 2. The van der Waals surface area contributed by atoms with Gasteiger partial charge < -0.3 is 14.4 Å². The monoisotopic (exact) mass is 687 g/mol. The number of carbonyl (C=O) groups excluding carboxylic acids is 1. The average Bonchev–Trinajstić information content (AvgIpc) is 2.95. The highest BCUT2D eigenvalue weighted by Crippen LogP contribution is 2.37. The molecule has 0 N–H and O–H groups in total. The van der Waals surface area contributed by atoms with Gasteiger partial charge in [-0.3, -0.25) is 14.6 Å². The van der Waals surface area contributed by atoms with Crippen LogP contribution in [0.4, 0.5) is 26.3 Å². The lowest BCUT2D eigenvalue weighted by atomic mass is 9.97. The van der Waals surface area contributed by atoms with Crippen LogP contribution in [0, 0.1) is 13.8 Å². The fraction of sp³-hybridized carbons (Fsp3) is 0.581. The summed E-state index contributed by atoms with van der Waals surface area (Å²) < 4.78 is 92.1. The van der Waals surface area contributed by atoms with Crippen molar-refractivity contribution in [1.29, 1.82) is 0 Å². The van der Waals surface area contributed by atoms with Gasteiger partial charge in [-0.15, -0.1) is 24.8 Å². The Balaban J connectivity index is 0.00000353. The number of carbonyl (C=O) groups is 1. The quantitative estimate of drug-likeness (QED) is 0.290. The van der Waals surface area contributed by atoms with Gasteiger partial charge in [0.25, 0.3) is 5.91 Å². The van der Waals surface area contributed by atoms with Crippen molar-refractivity contribution in [2.45, 2.75) is 51.1 Å². The first kappa shape index (κ1) is 39.1. The SMILES string of the molecule is COC[C@H]1COCCN1CCCN1CCN(C(=O)c2cc(C(F)(F)F)cc(C(F)(F)F)c2)[C@H](Cc2ccc(C)c(C)c2)C1.Cl.Cl. The number of amides is 1. The molecule has 0 saturated carbocycles. The number of benzene rings is 2. The maximum atomic E-state index is 13.6. The van der Waals surface area contributed by atoms with Gasteiger partial charge in [-0.25, -0.2) is 0 Å². The van der Waals surface area contributed by atoms with E-state index in [4.69, 9.17) is 9.47 Å². The summed E-state index contributed by atoms with van der Waals surface area (Å²) in [7, 11) is 1.66. The Morgan fingerprint density at radius 3 is 2.16 bits per heavy atom. The highest BCUT2D eigenvalue weighted by molar-refractivity contribution is 5.95. The fourth-order valence-corrected chi connectivity index (χ4v) is 5.84. The molecular weight excluding hydrogens is 647 g/mol. The van der Waals surface area contributed by atoms with Gasteiger partial charge in [0.15, 0.2) is 0 Å². The van der Waals surface area contributed by atoms with E-state index in [0.717, 1.165) is 42.7 Å². The summed E-state index contributed by atoms with van der Waals surface area (Å²) in [5.41, 5.74) is -0.497. The summed E-state index contributed by atoms with van der Waals surface area (Å²) >= 11 is 0. The van der Waals surface area contributed by atoms with E-state index < -0.39 is 41.0 Å². The molecule has 1 amide bonds. The minimum absolute atomic E-state index is 0. The lowest BCUT2D eigenvalue weighted by molar-refractivity contribution is -0.143. The molecule has 2 heterocycles.